The fraction of sp³-hybridized carbons (Fsp3) is 0.611. The highest BCUT2D eigenvalue weighted by Gasteiger charge is 2.53. The van der Waals surface area contributed by atoms with Crippen molar-refractivity contribution in [1.82, 2.24) is 4.90 Å². The molecule has 2 aliphatic carbocycles. The Hall–Kier alpha value is -1.35. The number of amides is 1. The monoisotopic (exact) mass is 284 g/mol. The molecule has 3 fully saturated rings. The molecule has 21 heavy (non-hydrogen) atoms. The zero-order valence-electron chi connectivity index (χ0n) is 12.6. The SMILES string of the molecule is NC1(Cc2ccc(C3(C(=O)N4CCCC4)CC3)cc2)CC1. The van der Waals surface area contributed by atoms with Crippen LogP contribution in [0, 0.1) is 0 Å². The van der Waals surface area contributed by atoms with E-state index in [0.29, 0.717) is 5.91 Å². The van der Waals surface area contributed by atoms with E-state index in [-0.39, 0.29) is 11.0 Å². The van der Waals surface area contributed by atoms with Gasteiger partial charge in [-0.3, -0.25) is 4.79 Å². The van der Waals surface area contributed by atoms with Crippen LogP contribution in [0.5, 0.6) is 0 Å². The molecule has 1 aliphatic heterocycles. The third kappa shape index (κ3) is 2.38. The molecule has 112 valence electrons. The molecule has 3 aliphatic rings. The zero-order chi connectivity index (χ0) is 14.5. The third-order valence-corrected chi connectivity index (χ3v) is 5.51. The van der Waals surface area contributed by atoms with Crippen molar-refractivity contribution in [3.8, 4) is 0 Å². The van der Waals surface area contributed by atoms with Crippen LogP contribution in [-0.4, -0.2) is 29.4 Å². The van der Waals surface area contributed by atoms with Crippen LogP contribution in [0.2, 0.25) is 0 Å². The number of likely N-dealkylation sites (tertiary alicyclic amines) is 1. The molecule has 0 atom stereocenters. The Balaban J connectivity index is 1.51. The minimum absolute atomic E-state index is 0.0597. The molecule has 2 N–H and O–H groups in total. The van der Waals surface area contributed by atoms with E-state index in [0.717, 1.165) is 45.2 Å². The Morgan fingerprint density at radius 3 is 2.19 bits per heavy atom. The van der Waals surface area contributed by atoms with Crippen molar-refractivity contribution < 1.29 is 4.79 Å². The van der Waals surface area contributed by atoms with Gasteiger partial charge < -0.3 is 10.6 Å². The lowest BCUT2D eigenvalue weighted by molar-refractivity contribution is -0.132. The molecule has 0 bridgehead atoms. The summed E-state index contributed by atoms with van der Waals surface area (Å²) in [6.45, 7) is 1.91. The first-order valence-electron chi connectivity index (χ1n) is 8.29. The maximum Gasteiger partial charge on any atom is 0.233 e. The molecule has 1 aromatic rings. The van der Waals surface area contributed by atoms with Crippen LogP contribution < -0.4 is 5.73 Å². The van der Waals surface area contributed by atoms with Crippen LogP contribution in [-0.2, 0) is 16.6 Å². The lowest BCUT2D eigenvalue weighted by atomic mass is 9.92. The molecule has 3 nitrogen and oxygen atoms in total. The molecular formula is C18H24N2O. The number of hydrogen-bond acceptors (Lipinski definition) is 2. The maximum atomic E-state index is 12.8. The summed E-state index contributed by atoms with van der Waals surface area (Å²) in [6.07, 6.45) is 7.63. The number of carbonyl (C=O) groups excluding carboxylic acids is 1. The van der Waals surface area contributed by atoms with Crippen molar-refractivity contribution >= 4 is 5.91 Å². The molecule has 0 radical (unpaired) electrons. The van der Waals surface area contributed by atoms with Crippen molar-refractivity contribution in [2.45, 2.75) is 55.9 Å². The fourth-order valence-electron chi connectivity index (χ4n) is 3.66. The van der Waals surface area contributed by atoms with E-state index in [9.17, 15) is 4.79 Å². The summed E-state index contributed by atoms with van der Waals surface area (Å²) in [4.78, 5) is 14.8. The first kappa shape index (κ1) is 13.3. The summed E-state index contributed by atoms with van der Waals surface area (Å²) in [5, 5.41) is 0. The van der Waals surface area contributed by atoms with E-state index in [1.807, 2.05) is 0 Å². The first-order chi connectivity index (χ1) is 10.1. The van der Waals surface area contributed by atoms with Crippen LogP contribution in [0.25, 0.3) is 0 Å². The van der Waals surface area contributed by atoms with E-state index in [2.05, 4.69) is 29.2 Å². The number of rotatable bonds is 4. The topological polar surface area (TPSA) is 46.3 Å². The minimum Gasteiger partial charge on any atom is -0.342 e. The predicted octanol–water partition coefficient (Wildman–Crippen LogP) is 2.37. The summed E-state index contributed by atoms with van der Waals surface area (Å²) in [7, 11) is 0. The highest BCUT2D eigenvalue weighted by atomic mass is 16.2. The van der Waals surface area contributed by atoms with E-state index in [1.54, 1.807) is 0 Å². The highest BCUT2D eigenvalue weighted by Crippen LogP contribution is 2.50. The average Bonchev–Trinajstić information content (AvgIpc) is 3.37. The van der Waals surface area contributed by atoms with Gasteiger partial charge in [-0.15, -0.1) is 0 Å². The Bertz CT molecular complexity index is 549. The minimum atomic E-state index is -0.192. The van der Waals surface area contributed by atoms with E-state index in [4.69, 9.17) is 5.73 Å². The summed E-state index contributed by atoms with van der Waals surface area (Å²) in [6, 6.07) is 8.70. The molecule has 4 rings (SSSR count). The van der Waals surface area contributed by atoms with Crippen LogP contribution >= 0.6 is 0 Å². The van der Waals surface area contributed by atoms with E-state index in [1.165, 1.54) is 24.0 Å². The van der Waals surface area contributed by atoms with Gasteiger partial charge in [0.25, 0.3) is 0 Å². The van der Waals surface area contributed by atoms with E-state index >= 15 is 0 Å². The number of hydrogen-bond donors (Lipinski definition) is 1. The molecule has 0 spiro atoms. The molecule has 1 amide bonds. The fourth-order valence-corrected chi connectivity index (χ4v) is 3.66. The third-order valence-electron chi connectivity index (χ3n) is 5.51. The second-order valence-corrected chi connectivity index (χ2v) is 7.32. The van der Waals surface area contributed by atoms with Crippen LogP contribution in [0.4, 0.5) is 0 Å². The smallest absolute Gasteiger partial charge is 0.233 e. The Labute approximate surface area is 126 Å². The van der Waals surface area contributed by atoms with Gasteiger partial charge in [-0.25, -0.2) is 0 Å². The van der Waals surface area contributed by atoms with Gasteiger partial charge in [0.2, 0.25) is 5.91 Å². The Morgan fingerprint density at radius 2 is 1.67 bits per heavy atom. The average molecular weight is 284 g/mol. The number of benzene rings is 1. The van der Waals surface area contributed by atoms with Gasteiger partial charge in [0.05, 0.1) is 5.41 Å². The number of carbonyl (C=O) groups is 1. The summed E-state index contributed by atoms with van der Waals surface area (Å²) >= 11 is 0. The molecule has 2 saturated carbocycles. The molecule has 3 heteroatoms. The number of nitrogens with two attached hydrogens (primary N) is 1. The van der Waals surface area contributed by atoms with Gasteiger partial charge in [0.1, 0.15) is 0 Å². The molecule has 0 aromatic heterocycles. The largest absolute Gasteiger partial charge is 0.342 e. The second kappa shape index (κ2) is 4.57. The first-order valence-corrected chi connectivity index (χ1v) is 8.29. The van der Waals surface area contributed by atoms with E-state index < -0.39 is 0 Å². The lowest BCUT2D eigenvalue weighted by Gasteiger charge is -2.23. The molecule has 0 unspecified atom stereocenters. The Morgan fingerprint density at radius 1 is 1.05 bits per heavy atom. The number of nitrogens with zero attached hydrogens (tertiary/aromatic N) is 1. The predicted molar refractivity (Wildman–Crippen MR) is 83.0 cm³/mol. The molecule has 1 aromatic carbocycles. The van der Waals surface area contributed by atoms with Crippen molar-refractivity contribution in [1.29, 1.82) is 0 Å². The van der Waals surface area contributed by atoms with Crippen molar-refractivity contribution in [2.75, 3.05) is 13.1 Å². The molecule has 1 saturated heterocycles. The standard InChI is InChI=1S/C18H24N2O/c19-17(7-8-17)13-14-3-5-15(6-4-14)18(9-10-18)16(21)20-11-1-2-12-20/h3-6H,1-2,7-13,19H2. The van der Waals surface area contributed by atoms with Gasteiger partial charge in [-0.1, -0.05) is 24.3 Å². The highest BCUT2D eigenvalue weighted by molar-refractivity contribution is 5.91. The van der Waals surface area contributed by atoms with Crippen LogP contribution in [0.15, 0.2) is 24.3 Å². The maximum absolute atomic E-state index is 12.8. The van der Waals surface area contributed by atoms with Gasteiger partial charge in [-0.05, 0) is 56.1 Å². The summed E-state index contributed by atoms with van der Waals surface area (Å²) in [5.41, 5.74) is 8.57. The quantitative estimate of drug-likeness (QED) is 0.922. The van der Waals surface area contributed by atoms with Gasteiger partial charge >= 0.3 is 0 Å². The van der Waals surface area contributed by atoms with Crippen molar-refractivity contribution in [3.05, 3.63) is 35.4 Å². The van der Waals surface area contributed by atoms with Gasteiger partial charge in [0, 0.05) is 18.6 Å². The van der Waals surface area contributed by atoms with Crippen LogP contribution in [0.1, 0.15) is 49.7 Å². The second-order valence-electron chi connectivity index (χ2n) is 7.32. The summed E-state index contributed by atoms with van der Waals surface area (Å²) < 4.78 is 0. The summed E-state index contributed by atoms with van der Waals surface area (Å²) in [5.74, 6) is 0.366. The molecular weight excluding hydrogens is 260 g/mol. The lowest BCUT2D eigenvalue weighted by Crippen LogP contribution is -2.37. The van der Waals surface area contributed by atoms with Gasteiger partial charge in [0.15, 0.2) is 0 Å². The van der Waals surface area contributed by atoms with Crippen molar-refractivity contribution in [3.63, 3.8) is 0 Å². The Kier molecular flexibility index (Phi) is 2.90. The zero-order valence-corrected chi connectivity index (χ0v) is 12.6. The van der Waals surface area contributed by atoms with Crippen molar-refractivity contribution in [2.24, 2.45) is 5.73 Å². The van der Waals surface area contributed by atoms with Gasteiger partial charge in [-0.2, -0.15) is 0 Å². The normalized spacial score (nSPS) is 24.9. The molecule has 1 heterocycles. The van der Waals surface area contributed by atoms with Crippen LogP contribution in [0.3, 0.4) is 0 Å².